The predicted octanol–water partition coefficient (Wildman–Crippen LogP) is 4.66. The molecule has 108 valence electrons. The molecular formula is C16H19BrO2S. The molecule has 0 aromatic heterocycles. The summed E-state index contributed by atoms with van der Waals surface area (Å²) in [6, 6.07) is 8.48. The van der Waals surface area contributed by atoms with E-state index in [0.29, 0.717) is 5.41 Å². The molecule has 20 heavy (non-hydrogen) atoms. The minimum atomic E-state index is -0.158. The number of hydrogen-bond acceptors (Lipinski definition) is 3. The first kappa shape index (κ1) is 14.5. The summed E-state index contributed by atoms with van der Waals surface area (Å²) in [5.74, 6) is 1.14. The van der Waals surface area contributed by atoms with Crippen molar-refractivity contribution in [1.82, 2.24) is 0 Å². The number of fused-ring (bicyclic) bond motifs is 2. The van der Waals surface area contributed by atoms with Crippen LogP contribution in [0, 0.1) is 10.8 Å². The molecule has 2 aliphatic rings. The Morgan fingerprint density at radius 3 is 2.50 bits per heavy atom. The molecule has 0 amide bonds. The second-order valence-electron chi connectivity index (χ2n) is 6.19. The molecule has 0 unspecified atom stereocenters. The Hall–Kier alpha value is -0.480. The van der Waals surface area contributed by atoms with Crippen molar-refractivity contribution in [3.8, 4) is 0 Å². The van der Waals surface area contributed by atoms with Crippen LogP contribution in [0.1, 0.15) is 32.1 Å². The van der Waals surface area contributed by atoms with Gasteiger partial charge in [0, 0.05) is 15.1 Å². The molecule has 4 heteroatoms. The second-order valence-corrected chi connectivity index (χ2v) is 8.16. The lowest BCUT2D eigenvalue weighted by molar-refractivity contribution is -0.152. The molecule has 2 fully saturated rings. The van der Waals surface area contributed by atoms with Gasteiger partial charge in [-0.1, -0.05) is 15.9 Å². The topological polar surface area (TPSA) is 26.3 Å². The third-order valence-corrected chi connectivity index (χ3v) is 6.85. The van der Waals surface area contributed by atoms with E-state index >= 15 is 0 Å². The van der Waals surface area contributed by atoms with Crippen molar-refractivity contribution >= 4 is 33.7 Å². The van der Waals surface area contributed by atoms with Gasteiger partial charge in [-0.2, -0.15) is 0 Å². The van der Waals surface area contributed by atoms with Gasteiger partial charge in [0.1, 0.15) is 0 Å². The first-order valence-electron chi connectivity index (χ1n) is 7.04. The van der Waals surface area contributed by atoms with Crippen LogP contribution in [0.3, 0.4) is 0 Å². The quantitative estimate of drug-likeness (QED) is 0.580. The van der Waals surface area contributed by atoms with Crippen molar-refractivity contribution in [2.45, 2.75) is 37.0 Å². The van der Waals surface area contributed by atoms with Crippen molar-refractivity contribution in [2.75, 3.05) is 12.9 Å². The number of ether oxygens (including phenoxy) is 1. The number of benzene rings is 1. The fraction of sp³-hybridized carbons (Fsp3) is 0.562. The number of halogens is 1. The van der Waals surface area contributed by atoms with Crippen LogP contribution in [0.5, 0.6) is 0 Å². The highest BCUT2D eigenvalue weighted by Gasteiger charge is 2.58. The van der Waals surface area contributed by atoms with E-state index in [1.165, 1.54) is 24.8 Å². The molecule has 0 atom stereocenters. The highest BCUT2D eigenvalue weighted by atomic mass is 79.9. The van der Waals surface area contributed by atoms with Crippen LogP contribution in [0.4, 0.5) is 0 Å². The van der Waals surface area contributed by atoms with E-state index in [9.17, 15) is 4.79 Å². The van der Waals surface area contributed by atoms with E-state index in [1.807, 2.05) is 11.8 Å². The van der Waals surface area contributed by atoms with Crippen LogP contribution in [-0.2, 0) is 9.53 Å². The van der Waals surface area contributed by atoms with Gasteiger partial charge < -0.3 is 4.74 Å². The Morgan fingerprint density at radius 2 is 1.90 bits per heavy atom. The average Bonchev–Trinajstić information content (AvgIpc) is 3.03. The summed E-state index contributed by atoms with van der Waals surface area (Å²) >= 11 is 5.39. The largest absolute Gasteiger partial charge is 0.469 e. The standard InChI is InChI=1S/C16H19BrO2S/c1-19-14(18)16-8-6-15(10-16,7-9-16)11-20-13-4-2-12(17)3-5-13/h2-5H,6-11H2,1H3. The number of hydrogen-bond donors (Lipinski definition) is 0. The van der Waals surface area contributed by atoms with E-state index in [4.69, 9.17) is 4.74 Å². The monoisotopic (exact) mass is 354 g/mol. The number of esters is 1. The summed E-state index contributed by atoms with van der Waals surface area (Å²) in [6.45, 7) is 0. The summed E-state index contributed by atoms with van der Waals surface area (Å²) in [7, 11) is 1.52. The van der Waals surface area contributed by atoms with Gasteiger partial charge in [0.05, 0.1) is 12.5 Å². The molecule has 0 spiro atoms. The van der Waals surface area contributed by atoms with E-state index in [0.717, 1.165) is 29.5 Å². The number of methoxy groups -OCH3 is 1. The fourth-order valence-electron chi connectivity index (χ4n) is 3.79. The Bertz CT molecular complexity index is 504. The Kier molecular flexibility index (Phi) is 3.89. The summed E-state index contributed by atoms with van der Waals surface area (Å²) in [5, 5.41) is 0. The number of thioether (sulfide) groups is 1. The normalized spacial score (nSPS) is 31.5. The van der Waals surface area contributed by atoms with Crippen LogP contribution in [0.2, 0.25) is 0 Å². The van der Waals surface area contributed by atoms with Crippen molar-refractivity contribution in [1.29, 1.82) is 0 Å². The summed E-state index contributed by atoms with van der Waals surface area (Å²) in [5.41, 5.74) is 0.195. The zero-order valence-electron chi connectivity index (χ0n) is 11.7. The van der Waals surface area contributed by atoms with Crippen LogP contribution < -0.4 is 0 Å². The zero-order chi connectivity index (χ0) is 14.2. The first-order valence-corrected chi connectivity index (χ1v) is 8.82. The van der Waals surface area contributed by atoms with Crippen LogP contribution in [0.15, 0.2) is 33.6 Å². The predicted molar refractivity (Wildman–Crippen MR) is 84.8 cm³/mol. The molecule has 1 aromatic carbocycles. The van der Waals surface area contributed by atoms with Gasteiger partial charge in [0.2, 0.25) is 0 Å². The zero-order valence-corrected chi connectivity index (χ0v) is 14.1. The van der Waals surface area contributed by atoms with E-state index in [2.05, 4.69) is 40.2 Å². The van der Waals surface area contributed by atoms with E-state index in [1.54, 1.807) is 0 Å². The third-order valence-electron chi connectivity index (χ3n) is 4.96. The number of rotatable bonds is 4. The van der Waals surface area contributed by atoms with Gasteiger partial charge in [-0.3, -0.25) is 4.79 Å². The molecule has 2 nitrogen and oxygen atoms in total. The van der Waals surface area contributed by atoms with Gasteiger partial charge in [-0.15, -0.1) is 11.8 Å². The van der Waals surface area contributed by atoms with Crippen molar-refractivity contribution in [2.24, 2.45) is 10.8 Å². The Labute approximate surface area is 132 Å². The molecule has 0 N–H and O–H groups in total. The molecule has 0 radical (unpaired) electrons. The Morgan fingerprint density at radius 1 is 1.25 bits per heavy atom. The lowest BCUT2D eigenvalue weighted by Gasteiger charge is -2.26. The van der Waals surface area contributed by atoms with E-state index < -0.39 is 0 Å². The SMILES string of the molecule is COC(=O)C12CCC(CSc3ccc(Br)cc3)(CC1)C2. The maximum absolute atomic E-state index is 12.0. The van der Waals surface area contributed by atoms with Gasteiger partial charge in [0.25, 0.3) is 0 Å². The summed E-state index contributed by atoms with van der Waals surface area (Å²) < 4.78 is 6.14. The van der Waals surface area contributed by atoms with Gasteiger partial charge >= 0.3 is 5.97 Å². The maximum Gasteiger partial charge on any atom is 0.311 e. The summed E-state index contributed by atoms with van der Waals surface area (Å²) in [6.07, 6.45) is 5.40. The summed E-state index contributed by atoms with van der Waals surface area (Å²) in [4.78, 5) is 13.3. The van der Waals surface area contributed by atoms with Crippen LogP contribution in [0.25, 0.3) is 0 Å². The molecule has 2 saturated carbocycles. The Balaban J connectivity index is 1.65. The molecule has 3 rings (SSSR count). The fourth-order valence-corrected chi connectivity index (χ4v) is 5.24. The molecule has 1 aromatic rings. The smallest absolute Gasteiger partial charge is 0.311 e. The van der Waals surface area contributed by atoms with Crippen molar-refractivity contribution in [3.05, 3.63) is 28.7 Å². The average molecular weight is 355 g/mol. The van der Waals surface area contributed by atoms with Gasteiger partial charge in [-0.25, -0.2) is 0 Å². The number of carbonyl (C=O) groups excluding carboxylic acids is 1. The lowest BCUT2D eigenvalue weighted by Crippen LogP contribution is -2.27. The molecule has 2 bridgehead atoms. The van der Waals surface area contributed by atoms with Crippen LogP contribution in [-0.4, -0.2) is 18.8 Å². The lowest BCUT2D eigenvalue weighted by atomic mass is 9.83. The minimum absolute atomic E-state index is 0.0190. The highest BCUT2D eigenvalue weighted by molar-refractivity contribution is 9.10. The van der Waals surface area contributed by atoms with Crippen molar-refractivity contribution in [3.63, 3.8) is 0 Å². The molecular weight excluding hydrogens is 336 g/mol. The molecule has 0 heterocycles. The number of carbonyl (C=O) groups is 1. The van der Waals surface area contributed by atoms with Crippen LogP contribution >= 0.6 is 27.7 Å². The minimum Gasteiger partial charge on any atom is -0.469 e. The third kappa shape index (κ3) is 2.52. The van der Waals surface area contributed by atoms with Gasteiger partial charge in [-0.05, 0) is 61.8 Å². The van der Waals surface area contributed by atoms with Crippen molar-refractivity contribution < 1.29 is 9.53 Å². The first-order chi connectivity index (χ1) is 9.57. The maximum atomic E-state index is 12.0. The second kappa shape index (κ2) is 5.38. The van der Waals surface area contributed by atoms with E-state index in [-0.39, 0.29) is 11.4 Å². The molecule has 2 aliphatic carbocycles. The highest BCUT2D eigenvalue weighted by Crippen LogP contribution is 2.63. The molecule has 0 saturated heterocycles. The molecule has 0 aliphatic heterocycles. The van der Waals surface area contributed by atoms with Gasteiger partial charge in [0.15, 0.2) is 0 Å².